The quantitative estimate of drug-likeness (QED) is 0.674. The Hall–Kier alpha value is -2.66. The van der Waals surface area contributed by atoms with Gasteiger partial charge in [-0.05, 0) is 54.7 Å². The molecule has 3 heterocycles. The Bertz CT molecular complexity index is 1070. The summed E-state index contributed by atoms with van der Waals surface area (Å²) in [5.74, 6) is 0.430. The van der Waals surface area contributed by atoms with Crippen molar-refractivity contribution in [2.45, 2.75) is 26.3 Å². The molecule has 6 heteroatoms. The second kappa shape index (κ2) is 7.76. The van der Waals surface area contributed by atoms with E-state index >= 15 is 0 Å². The molecule has 1 saturated heterocycles. The third-order valence-corrected chi connectivity index (χ3v) is 5.66. The average Bonchev–Trinajstić information content (AvgIpc) is 2.71. The molecule has 0 bridgehead atoms. The van der Waals surface area contributed by atoms with Gasteiger partial charge in [-0.3, -0.25) is 14.2 Å². The van der Waals surface area contributed by atoms with Crippen molar-refractivity contribution in [3.63, 3.8) is 0 Å². The van der Waals surface area contributed by atoms with Crippen molar-refractivity contribution in [1.82, 2.24) is 14.5 Å². The lowest BCUT2D eigenvalue weighted by Crippen LogP contribution is -2.41. The molecule has 1 aromatic carbocycles. The summed E-state index contributed by atoms with van der Waals surface area (Å²) in [6.45, 7) is 3.92. The number of aromatic nitrogens is 2. The van der Waals surface area contributed by atoms with Crippen LogP contribution in [0.3, 0.4) is 0 Å². The van der Waals surface area contributed by atoms with Gasteiger partial charge in [-0.1, -0.05) is 30.7 Å². The summed E-state index contributed by atoms with van der Waals surface area (Å²) >= 11 is 5.97. The zero-order valence-corrected chi connectivity index (χ0v) is 16.5. The van der Waals surface area contributed by atoms with Gasteiger partial charge in [0.05, 0.1) is 6.54 Å². The number of pyridine rings is 2. The van der Waals surface area contributed by atoms with E-state index in [4.69, 9.17) is 11.6 Å². The van der Waals surface area contributed by atoms with Gasteiger partial charge in [0.15, 0.2) is 0 Å². The average molecular weight is 396 g/mol. The lowest BCUT2D eigenvalue weighted by atomic mass is 9.98. The summed E-state index contributed by atoms with van der Waals surface area (Å²) in [5.41, 5.74) is 1.41. The number of carbonyl (C=O) groups is 1. The fraction of sp³-hybridized carbons (Fsp3) is 0.318. The summed E-state index contributed by atoms with van der Waals surface area (Å²) < 4.78 is 1.58. The maximum Gasteiger partial charge on any atom is 0.265 e. The number of hydrogen-bond acceptors (Lipinski definition) is 3. The number of nitrogens with zero attached hydrogens (tertiary/aromatic N) is 3. The molecule has 4 rings (SSSR count). The first-order valence-corrected chi connectivity index (χ1v) is 9.93. The number of piperidine rings is 1. The number of amides is 1. The largest absolute Gasteiger partial charge is 0.338 e. The summed E-state index contributed by atoms with van der Waals surface area (Å²) in [6, 6.07) is 12.7. The van der Waals surface area contributed by atoms with Gasteiger partial charge in [-0.15, -0.1) is 0 Å². The minimum Gasteiger partial charge on any atom is -0.338 e. The number of benzene rings is 1. The predicted molar refractivity (Wildman–Crippen MR) is 111 cm³/mol. The molecular formula is C22H22ClN3O2. The van der Waals surface area contributed by atoms with Crippen molar-refractivity contribution in [1.29, 1.82) is 0 Å². The highest BCUT2D eigenvalue weighted by atomic mass is 35.5. The van der Waals surface area contributed by atoms with Gasteiger partial charge in [0.2, 0.25) is 0 Å². The molecule has 0 N–H and O–H groups in total. The van der Waals surface area contributed by atoms with Crippen LogP contribution >= 0.6 is 11.6 Å². The van der Waals surface area contributed by atoms with E-state index in [9.17, 15) is 9.59 Å². The maximum absolute atomic E-state index is 13.3. The minimum atomic E-state index is -0.301. The van der Waals surface area contributed by atoms with Gasteiger partial charge in [-0.2, -0.15) is 0 Å². The Morgan fingerprint density at radius 3 is 2.61 bits per heavy atom. The molecular weight excluding hydrogens is 374 g/mol. The summed E-state index contributed by atoms with van der Waals surface area (Å²) in [6.07, 6.45) is 3.60. The van der Waals surface area contributed by atoms with Crippen LogP contribution in [-0.2, 0) is 6.54 Å². The highest BCUT2D eigenvalue weighted by Gasteiger charge is 2.25. The zero-order chi connectivity index (χ0) is 19.7. The smallest absolute Gasteiger partial charge is 0.265 e. The highest BCUT2D eigenvalue weighted by molar-refractivity contribution is 6.30. The monoisotopic (exact) mass is 395 g/mol. The number of halogens is 1. The van der Waals surface area contributed by atoms with Crippen LogP contribution in [0.4, 0.5) is 0 Å². The molecule has 0 aliphatic carbocycles. The van der Waals surface area contributed by atoms with E-state index in [-0.39, 0.29) is 17.0 Å². The molecule has 5 nitrogen and oxygen atoms in total. The van der Waals surface area contributed by atoms with E-state index in [1.807, 2.05) is 24.3 Å². The molecule has 1 aliphatic heterocycles. The fourth-order valence-electron chi connectivity index (χ4n) is 3.66. The van der Waals surface area contributed by atoms with E-state index in [2.05, 4.69) is 11.9 Å². The standard InChI is InChI=1S/C22H22ClN3O2/c1-15-8-11-25(12-9-15)21(27)19-13-17-3-2-10-24-20(17)26(22(19)28)14-16-4-6-18(23)7-5-16/h2-7,10,13,15H,8-9,11-12,14H2,1H3. The fourth-order valence-corrected chi connectivity index (χ4v) is 3.79. The normalized spacial score (nSPS) is 15.1. The van der Waals surface area contributed by atoms with Crippen molar-refractivity contribution in [2.75, 3.05) is 13.1 Å². The molecule has 1 aliphatic rings. The molecule has 0 spiro atoms. The summed E-state index contributed by atoms with van der Waals surface area (Å²) in [4.78, 5) is 32.5. The van der Waals surface area contributed by atoms with Crippen LogP contribution in [0.1, 0.15) is 35.7 Å². The third kappa shape index (κ3) is 3.67. The first-order valence-electron chi connectivity index (χ1n) is 9.55. The van der Waals surface area contributed by atoms with Gasteiger partial charge >= 0.3 is 0 Å². The Morgan fingerprint density at radius 2 is 1.89 bits per heavy atom. The molecule has 1 amide bonds. The Balaban J connectivity index is 1.77. The molecule has 3 aromatic rings. The van der Waals surface area contributed by atoms with Crippen molar-refractivity contribution in [3.8, 4) is 0 Å². The van der Waals surface area contributed by atoms with Gasteiger partial charge in [0.1, 0.15) is 11.2 Å². The highest BCUT2D eigenvalue weighted by Crippen LogP contribution is 2.19. The van der Waals surface area contributed by atoms with Crippen LogP contribution in [0.5, 0.6) is 0 Å². The first kappa shape index (κ1) is 18.7. The van der Waals surface area contributed by atoms with Crippen molar-refractivity contribution in [2.24, 2.45) is 5.92 Å². The topological polar surface area (TPSA) is 55.2 Å². The molecule has 1 fully saturated rings. The van der Waals surface area contributed by atoms with E-state index in [1.54, 1.807) is 33.9 Å². The van der Waals surface area contributed by atoms with E-state index < -0.39 is 0 Å². The number of carbonyl (C=O) groups excluding carboxylic acids is 1. The molecule has 0 radical (unpaired) electrons. The Kier molecular flexibility index (Phi) is 5.18. The van der Waals surface area contributed by atoms with E-state index in [1.165, 1.54) is 0 Å². The van der Waals surface area contributed by atoms with Crippen LogP contribution < -0.4 is 5.56 Å². The lowest BCUT2D eigenvalue weighted by molar-refractivity contribution is 0.0695. The summed E-state index contributed by atoms with van der Waals surface area (Å²) in [5, 5.41) is 1.42. The van der Waals surface area contributed by atoms with Gasteiger partial charge < -0.3 is 4.90 Å². The first-order chi connectivity index (χ1) is 13.5. The molecule has 0 atom stereocenters. The zero-order valence-electron chi connectivity index (χ0n) is 15.8. The number of likely N-dealkylation sites (tertiary alicyclic amines) is 1. The van der Waals surface area contributed by atoms with Gasteiger partial charge in [0.25, 0.3) is 11.5 Å². The lowest BCUT2D eigenvalue weighted by Gasteiger charge is -2.30. The van der Waals surface area contributed by atoms with Crippen LogP contribution in [-0.4, -0.2) is 33.4 Å². The predicted octanol–water partition coefficient (Wildman–Crippen LogP) is 3.97. The third-order valence-electron chi connectivity index (χ3n) is 5.40. The summed E-state index contributed by atoms with van der Waals surface area (Å²) in [7, 11) is 0. The second-order valence-corrected chi connectivity index (χ2v) is 7.90. The van der Waals surface area contributed by atoms with Gasteiger partial charge in [-0.25, -0.2) is 4.98 Å². The Labute approximate surface area is 168 Å². The molecule has 144 valence electrons. The number of fused-ring (bicyclic) bond motifs is 1. The van der Waals surface area contributed by atoms with Crippen molar-refractivity contribution in [3.05, 3.63) is 75.2 Å². The molecule has 28 heavy (non-hydrogen) atoms. The van der Waals surface area contributed by atoms with Crippen LogP contribution in [0.2, 0.25) is 5.02 Å². The SMILES string of the molecule is CC1CCN(C(=O)c2cc3cccnc3n(Cc3ccc(Cl)cc3)c2=O)CC1. The van der Waals surface area contributed by atoms with Crippen LogP contribution in [0, 0.1) is 5.92 Å². The molecule has 2 aromatic heterocycles. The number of rotatable bonds is 3. The van der Waals surface area contributed by atoms with Crippen molar-refractivity contribution < 1.29 is 4.79 Å². The van der Waals surface area contributed by atoms with Crippen LogP contribution in [0.15, 0.2) is 53.5 Å². The van der Waals surface area contributed by atoms with Gasteiger partial charge in [0, 0.05) is 29.7 Å². The van der Waals surface area contributed by atoms with Crippen molar-refractivity contribution >= 4 is 28.5 Å². The second-order valence-electron chi connectivity index (χ2n) is 7.47. The maximum atomic E-state index is 13.3. The molecule has 0 saturated carbocycles. The Morgan fingerprint density at radius 1 is 1.18 bits per heavy atom. The van der Waals surface area contributed by atoms with E-state index in [0.717, 1.165) is 23.8 Å². The van der Waals surface area contributed by atoms with E-state index in [0.29, 0.717) is 36.2 Å². The van der Waals surface area contributed by atoms with Crippen LogP contribution in [0.25, 0.3) is 11.0 Å². The molecule has 0 unspecified atom stereocenters. The minimum absolute atomic E-state index is 0.187. The number of hydrogen-bond donors (Lipinski definition) is 0.